The van der Waals surface area contributed by atoms with Gasteiger partial charge < -0.3 is 14.8 Å². The first kappa shape index (κ1) is 14.9. The zero-order valence-electron chi connectivity index (χ0n) is 12.3. The van der Waals surface area contributed by atoms with Gasteiger partial charge in [-0.15, -0.1) is 0 Å². The number of methoxy groups -OCH3 is 1. The first-order valence-electron chi connectivity index (χ1n) is 6.67. The zero-order chi connectivity index (χ0) is 13.1. The number of hydrogen-bond donors (Lipinski definition) is 1. The lowest BCUT2D eigenvalue weighted by Gasteiger charge is -2.40. The lowest BCUT2D eigenvalue weighted by atomic mass is 9.71. The van der Waals surface area contributed by atoms with E-state index in [2.05, 4.69) is 39.9 Å². The van der Waals surface area contributed by atoms with Crippen molar-refractivity contribution in [2.24, 2.45) is 11.3 Å². The lowest BCUT2D eigenvalue weighted by Crippen LogP contribution is -2.50. The standard InChI is InChI=1S/C14H29NO2/c1-11(9-16-6)14(7-8-17-12(14)2)10-15-13(3,4)5/h11-12,15H,7-10H2,1-6H3. The molecule has 0 bridgehead atoms. The van der Waals surface area contributed by atoms with Crippen LogP contribution in [0.25, 0.3) is 0 Å². The maximum absolute atomic E-state index is 5.81. The van der Waals surface area contributed by atoms with Crippen LogP contribution in [-0.4, -0.2) is 38.5 Å². The molecule has 1 aliphatic rings. The van der Waals surface area contributed by atoms with Crippen LogP contribution in [0.15, 0.2) is 0 Å². The number of ether oxygens (including phenoxy) is 2. The second-order valence-corrected chi connectivity index (χ2v) is 6.46. The minimum atomic E-state index is 0.155. The summed E-state index contributed by atoms with van der Waals surface area (Å²) in [5, 5.41) is 3.64. The van der Waals surface area contributed by atoms with Crippen LogP contribution in [0.3, 0.4) is 0 Å². The Bertz CT molecular complexity index is 237. The first-order chi connectivity index (χ1) is 7.82. The Morgan fingerprint density at radius 2 is 2.12 bits per heavy atom. The fourth-order valence-corrected chi connectivity index (χ4v) is 2.69. The van der Waals surface area contributed by atoms with Crippen molar-refractivity contribution in [3.8, 4) is 0 Å². The maximum atomic E-state index is 5.81. The molecule has 102 valence electrons. The Morgan fingerprint density at radius 3 is 2.53 bits per heavy atom. The summed E-state index contributed by atoms with van der Waals surface area (Å²) in [4.78, 5) is 0. The van der Waals surface area contributed by atoms with Crippen LogP contribution in [0.5, 0.6) is 0 Å². The van der Waals surface area contributed by atoms with Gasteiger partial charge in [-0.2, -0.15) is 0 Å². The van der Waals surface area contributed by atoms with Crippen molar-refractivity contribution in [1.29, 1.82) is 0 Å². The van der Waals surface area contributed by atoms with Crippen LogP contribution >= 0.6 is 0 Å². The molecule has 3 unspecified atom stereocenters. The van der Waals surface area contributed by atoms with E-state index < -0.39 is 0 Å². The van der Waals surface area contributed by atoms with Gasteiger partial charge in [0.15, 0.2) is 0 Å². The average Bonchev–Trinajstić information content (AvgIpc) is 2.57. The minimum absolute atomic E-state index is 0.155. The van der Waals surface area contributed by atoms with Gasteiger partial charge in [-0.25, -0.2) is 0 Å². The van der Waals surface area contributed by atoms with Crippen LogP contribution in [0.1, 0.15) is 41.0 Å². The third-order valence-electron chi connectivity index (χ3n) is 4.09. The third-order valence-corrected chi connectivity index (χ3v) is 4.09. The molecular formula is C14H29NO2. The molecule has 0 aromatic rings. The summed E-state index contributed by atoms with van der Waals surface area (Å²) >= 11 is 0. The molecular weight excluding hydrogens is 214 g/mol. The van der Waals surface area contributed by atoms with Crippen molar-refractivity contribution in [1.82, 2.24) is 5.32 Å². The molecule has 0 saturated carbocycles. The maximum Gasteiger partial charge on any atom is 0.0619 e. The van der Waals surface area contributed by atoms with E-state index in [4.69, 9.17) is 9.47 Å². The molecule has 1 N–H and O–H groups in total. The van der Waals surface area contributed by atoms with E-state index >= 15 is 0 Å². The Morgan fingerprint density at radius 1 is 1.47 bits per heavy atom. The molecule has 1 aliphatic heterocycles. The van der Waals surface area contributed by atoms with E-state index in [9.17, 15) is 0 Å². The largest absolute Gasteiger partial charge is 0.384 e. The summed E-state index contributed by atoms with van der Waals surface area (Å²) in [5.41, 5.74) is 0.366. The molecule has 1 saturated heterocycles. The van der Waals surface area contributed by atoms with E-state index in [1.54, 1.807) is 7.11 Å². The zero-order valence-corrected chi connectivity index (χ0v) is 12.3. The Kier molecular flexibility index (Phi) is 4.99. The van der Waals surface area contributed by atoms with Crippen molar-refractivity contribution in [3.63, 3.8) is 0 Å². The third kappa shape index (κ3) is 3.67. The topological polar surface area (TPSA) is 30.5 Å². The molecule has 0 radical (unpaired) electrons. The quantitative estimate of drug-likeness (QED) is 0.804. The minimum Gasteiger partial charge on any atom is -0.384 e. The molecule has 1 rings (SSSR count). The summed E-state index contributed by atoms with van der Waals surface area (Å²) < 4.78 is 11.1. The highest BCUT2D eigenvalue weighted by Gasteiger charge is 2.45. The van der Waals surface area contributed by atoms with Crippen molar-refractivity contribution in [3.05, 3.63) is 0 Å². The number of hydrogen-bond acceptors (Lipinski definition) is 3. The summed E-state index contributed by atoms with van der Waals surface area (Å²) in [6.45, 7) is 13.8. The molecule has 0 spiro atoms. The monoisotopic (exact) mass is 243 g/mol. The SMILES string of the molecule is COCC(C)C1(CNC(C)(C)C)CCOC1C. The highest BCUT2D eigenvalue weighted by Crippen LogP contribution is 2.41. The van der Waals surface area contributed by atoms with E-state index in [0.29, 0.717) is 12.0 Å². The van der Waals surface area contributed by atoms with Crippen molar-refractivity contribution in [2.75, 3.05) is 26.9 Å². The molecule has 0 aromatic carbocycles. The Hall–Kier alpha value is -0.120. The Balaban J connectivity index is 2.72. The van der Waals surface area contributed by atoms with E-state index in [1.165, 1.54) is 0 Å². The van der Waals surface area contributed by atoms with Crippen molar-refractivity contribution >= 4 is 0 Å². The molecule has 17 heavy (non-hydrogen) atoms. The van der Waals surface area contributed by atoms with Gasteiger partial charge in [0, 0.05) is 37.8 Å². The van der Waals surface area contributed by atoms with Crippen molar-refractivity contribution < 1.29 is 9.47 Å². The predicted molar refractivity (Wildman–Crippen MR) is 71.3 cm³/mol. The molecule has 1 fully saturated rings. The van der Waals surface area contributed by atoms with Crippen LogP contribution in [0.2, 0.25) is 0 Å². The van der Waals surface area contributed by atoms with Gasteiger partial charge in [-0.3, -0.25) is 0 Å². The fraction of sp³-hybridized carbons (Fsp3) is 1.00. The second kappa shape index (κ2) is 5.68. The van der Waals surface area contributed by atoms with Crippen LogP contribution in [0, 0.1) is 11.3 Å². The predicted octanol–water partition coefficient (Wildman–Crippen LogP) is 2.45. The van der Waals surface area contributed by atoms with E-state index in [0.717, 1.165) is 26.2 Å². The van der Waals surface area contributed by atoms with Gasteiger partial charge in [0.1, 0.15) is 0 Å². The van der Waals surface area contributed by atoms with Gasteiger partial charge in [0.05, 0.1) is 6.10 Å². The molecule has 3 atom stereocenters. The van der Waals surface area contributed by atoms with E-state index in [-0.39, 0.29) is 11.0 Å². The van der Waals surface area contributed by atoms with Gasteiger partial charge in [0.25, 0.3) is 0 Å². The molecule has 3 nitrogen and oxygen atoms in total. The first-order valence-corrected chi connectivity index (χ1v) is 6.67. The summed E-state index contributed by atoms with van der Waals surface area (Å²) in [6.07, 6.45) is 1.43. The molecule has 0 aromatic heterocycles. The summed E-state index contributed by atoms with van der Waals surface area (Å²) in [7, 11) is 1.78. The van der Waals surface area contributed by atoms with E-state index in [1.807, 2.05) is 0 Å². The van der Waals surface area contributed by atoms with Crippen molar-refractivity contribution in [2.45, 2.75) is 52.7 Å². The lowest BCUT2D eigenvalue weighted by molar-refractivity contribution is 0.00130. The summed E-state index contributed by atoms with van der Waals surface area (Å²) in [6, 6.07) is 0. The Labute approximate surface area is 106 Å². The van der Waals surface area contributed by atoms with Crippen LogP contribution < -0.4 is 5.32 Å². The molecule has 3 heteroatoms. The van der Waals surface area contributed by atoms with Gasteiger partial charge >= 0.3 is 0 Å². The normalized spacial score (nSPS) is 31.8. The number of nitrogens with one attached hydrogen (secondary N) is 1. The highest BCUT2D eigenvalue weighted by molar-refractivity contribution is 4.96. The summed E-state index contributed by atoms with van der Waals surface area (Å²) in [5.74, 6) is 0.514. The van der Waals surface area contributed by atoms with Gasteiger partial charge in [0.2, 0.25) is 0 Å². The van der Waals surface area contributed by atoms with Crippen LogP contribution in [0.4, 0.5) is 0 Å². The number of rotatable bonds is 5. The van der Waals surface area contributed by atoms with Gasteiger partial charge in [-0.1, -0.05) is 6.92 Å². The molecule has 0 aliphatic carbocycles. The smallest absolute Gasteiger partial charge is 0.0619 e. The fourth-order valence-electron chi connectivity index (χ4n) is 2.69. The second-order valence-electron chi connectivity index (χ2n) is 6.46. The molecule has 0 amide bonds. The van der Waals surface area contributed by atoms with Gasteiger partial charge in [-0.05, 0) is 40.0 Å². The molecule has 1 heterocycles. The highest BCUT2D eigenvalue weighted by atomic mass is 16.5. The average molecular weight is 243 g/mol. The van der Waals surface area contributed by atoms with Crippen LogP contribution in [-0.2, 0) is 9.47 Å².